The average Bonchev–Trinajstić information content (AvgIpc) is 2.88. The number of ether oxygens (including phenoxy) is 4. The first kappa shape index (κ1) is 29.9. The van der Waals surface area contributed by atoms with Gasteiger partial charge >= 0.3 is 12.0 Å². The Morgan fingerprint density at radius 1 is 1.03 bits per heavy atom. The summed E-state index contributed by atoms with van der Waals surface area (Å²) in [7, 11) is 1.57. The number of nitrogens with zero attached hydrogens (tertiary/aromatic N) is 1. The van der Waals surface area contributed by atoms with Crippen molar-refractivity contribution < 1.29 is 33.6 Å². The number of carboxylic acids is 1. The van der Waals surface area contributed by atoms with Crippen molar-refractivity contribution in [1.82, 2.24) is 4.90 Å². The highest BCUT2D eigenvalue weighted by atomic mass is 16.5. The van der Waals surface area contributed by atoms with Gasteiger partial charge in [-0.3, -0.25) is 0 Å². The topological polar surface area (TPSA) is 107 Å². The maximum Gasteiger partial charge on any atom is 0.333 e. The number of benzene rings is 2. The highest BCUT2D eigenvalue weighted by Gasteiger charge is 2.18. The minimum absolute atomic E-state index is 0.266. The van der Waals surface area contributed by atoms with Crippen molar-refractivity contribution in [3.8, 4) is 11.5 Å². The minimum Gasteiger partial charge on any atom is -0.495 e. The zero-order chi connectivity index (χ0) is 27.0. The smallest absolute Gasteiger partial charge is 0.333 e. The Hall–Kier alpha value is -3.30. The lowest BCUT2D eigenvalue weighted by Gasteiger charge is -2.24. The summed E-state index contributed by atoms with van der Waals surface area (Å²) in [6, 6.07) is 12.6. The third kappa shape index (κ3) is 10.7. The number of unbranched alkanes of at least 4 members (excludes halogenated alkanes) is 1. The molecule has 0 aliphatic heterocycles. The molecule has 0 heterocycles. The van der Waals surface area contributed by atoms with Crippen LogP contribution >= 0.6 is 0 Å². The van der Waals surface area contributed by atoms with Crippen molar-refractivity contribution in [3.63, 3.8) is 0 Å². The van der Waals surface area contributed by atoms with Crippen molar-refractivity contribution in [2.75, 3.05) is 51.9 Å². The van der Waals surface area contributed by atoms with E-state index in [2.05, 4.69) is 12.2 Å². The van der Waals surface area contributed by atoms with Crippen LogP contribution in [-0.4, -0.2) is 74.7 Å². The Morgan fingerprint density at radius 3 is 2.41 bits per heavy atom. The molecular formula is C28H40N2O7. The van der Waals surface area contributed by atoms with Crippen molar-refractivity contribution in [2.45, 2.75) is 46.1 Å². The summed E-state index contributed by atoms with van der Waals surface area (Å²) in [4.78, 5) is 26.1. The Morgan fingerprint density at radius 2 is 1.76 bits per heavy atom. The van der Waals surface area contributed by atoms with E-state index in [-0.39, 0.29) is 19.1 Å². The Kier molecular flexibility index (Phi) is 13.3. The van der Waals surface area contributed by atoms with E-state index >= 15 is 0 Å². The van der Waals surface area contributed by atoms with Gasteiger partial charge in [-0.1, -0.05) is 31.5 Å². The van der Waals surface area contributed by atoms with Crippen LogP contribution in [0.25, 0.3) is 0 Å². The monoisotopic (exact) mass is 516 g/mol. The molecule has 0 aliphatic rings. The van der Waals surface area contributed by atoms with E-state index in [1.54, 1.807) is 31.1 Å². The molecule has 0 saturated heterocycles. The summed E-state index contributed by atoms with van der Waals surface area (Å²) in [5.74, 6) is 0.235. The molecule has 1 unspecified atom stereocenters. The van der Waals surface area contributed by atoms with Gasteiger partial charge in [0.15, 0.2) is 6.10 Å². The average molecular weight is 517 g/mol. The summed E-state index contributed by atoms with van der Waals surface area (Å²) in [6.45, 7) is 8.30. The molecule has 2 rings (SSSR count). The number of carbonyl (C=O) groups is 2. The van der Waals surface area contributed by atoms with E-state index in [4.69, 9.17) is 18.9 Å². The van der Waals surface area contributed by atoms with E-state index in [0.29, 0.717) is 50.1 Å². The lowest BCUT2D eigenvalue weighted by atomic mass is 10.1. The van der Waals surface area contributed by atoms with Gasteiger partial charge in [0.25, 0.3) is 0 Å². The number of aliphatic carboxylic acids is 1. The molecule has 0 fully saturated rings. The third-order valence-electron chi connectivity index (χ3n) is 5.65. The largest absolute Gasteiger partial charge is 0.495 e. The fourth-order valence-corrected chi connectivity index (χ4v) is 3.58. The molecule has 204 valence electrons. The van der Waals surface area contributed by atoms with Crippen LogP contribution < -0.4 is 14.8 Å². The number of hydrogen-bond donors (Lipinski definition) is 2. The molecule has 37 heavy (non-hydrogen) atoms. The van der Waals surface area contributed by atoms with Crippen LogP contribution in [-0.2, 0) is 20.7 Å². The summed E-state index contributed by atoms with van der Waals surface area (Å²) >= 11 is 0. The highest BCUT2D eigenvalue weighted by Crippen LogP contribution is 2.25. The van der Waals surface area contributed by atoms with Gasteiger partial charge in [-0.05, 0) is 55.7 Å². The third-order valence-corrected chi connectivity index (χ3v) is 5.65. The first-order valence-corrected chi connectivity index (χ1v) is 12.7. The molecule has 2 aromatic carbocycles. The van der Waals surface area contributed by atoms with Gasteiger partial charge in [0.05, 0.1) is 25.9 Å². The second-order valence-corrected chi connectivity index (χ2v) is 8.57. The Labute approximate surface area is 219 Å². The molecule has 0 aliphatic carbocycles. The van der Waals surface area contributed by atoms with Gasteiger partial charge in [0.1, 0.15) is 18.1 Å². The quantitative estimate of drug-likeness (QED) is 0.292. The summed E-state index contributed by atoms with van der Waals surface area (Å²) in [6.07, 6.45) is 1.42. The van der Waals surface area contributed by atoms with Crippen molar-refractivity contribution in [2.24, 2.45) is 0 Å². The number of urea groups is 1. The van der Waals surface area contributed by atoms with Gasteiger partial charge < -0.3 is 34.3 Å². The predicted octanol–water partition coefficient (Wildman–Crippen LogP) is 4.77. The molecule has 0 aromatic heterocycles. The molecule has 2 N–H and O–H groups in total. The predicted molar refractivity (Wildman–Crippen MR) is 143 cm³/mol. The summed E-state index contributed by atoms with van der Waals surface area (Å²) < 4.78 is 22.2. The van der Waals surface area contributed by atoms with Gasteiger partial charge in [-0.2, -0.15) is 0 Å². The standard InChI is InChI=1S/C28H40N2O7/c1-5-7-16-35-17-14-30(28(33)29-24-19-21(3)8-13-25(24)34-4)15-18-37-23-11-9-22(10-12-23)20-26(27(31)32)36-6-2/h8-13,19,26H,5-7,14-18,20H2,1-4H3,(H,29,33)(H,31,32). The van der Waals surface area contributed by atoms with Crippen LogP contribution in [0.5, 0.6) is 11.5 Å². The normalized spacial score (nSPS) is 11.6. The second-order valence-electron chi connectivity index (χ2n) is 8.57. The first-order chi connectivity index (χ1) is 17.9. The molecule has 1 atom stereocenters. The molecule has 9 heteroatoms. The molecule has 0 saturated carbocycles. The fourth-order valence-electron chi connectivity index (χ4n) is 3.58. The van der Waals surface area contributed by atoms with Gasteiger partial charge in [-0.25, -0.2) is 9.59 Å². The molecule has 2 aromatic rings. The van der Waals surface area contributed by atoms with Crippen LogP contribution in [0, 0.1) is 6.92 Å². The van der Waals surface area contributed by atoms with Gasteiger partial charge in [-0.15, -0.1) is 0 Å². The Bertz CT molecular complexity index is 966. The SMILES string of the molecule is CCCCOCCN(CCOc1ccc(CC(OCC)C(=O)O)cc1)C(=O)Nc1cc(C)ccc1OC. The number of aryl methyl sites for hydroxylation is 1. The maximum atomic E-state index is 13.1. The lowest BCUT2D eigenvalue weighted by Crippen LogP contribution is -2.40. The number of carboxylic acid groups (broad SMARTS) is 1. The molecule has 0 bridgehead atoms. The van der Waals surface area contributed by atoms with Gasteiger partial charge in [0, 0.05) is 26.2 Å². The molecule has 2 amide bonds. The zero-order valence-electron chi connectivity index (χ0n) is 22.3. The van der Waals surface area contributed by atoms with Crippen LogP contribution in [0.2, 0.25) is 0 Å². The van der Waals surface area contributed by atoms with Crippen LogP contribution in [0.1, 0.15) is 37.8 Å². The van der Waals surface area contributed by atoms with E-state index in [1.807, 2.05) is 37.3 Å². The molecule has 0 spiro atoms. The molecule has 0 radical (unpaired) electrons. The number of hydrogen-bond acceptors (Lipinski definition) is 6. The molecular weight excluding hydrogens is 476 g/mol. The van der Waals surface area contributed by atoms with Crippen LogP contribution in [0.3, 0.4) is 0 Å². The zero-order valence-corrected chi connectivity index (χ0v) is 22.3. The first-order valence-electron chi connectivity index (χ1n) is 12.7. The number of carbonyl (C=O) groups excluding carboxylic acids is 1. The number of methoxy groups -OCH3 is 1. The molecule has 9 nitrogen and oxygen atoms in total. The number of nitrogens with one attached hydrogen (secondary N) is 1. The van der Waals surface area contributed by atoms with Crippen LogP contribution in [0.15, 0.2) is 42.5 Å². The second kappa shape index (κ2) is 16.4. The maximum absolute atomic E-state index is 13.1. The van der Waals surface area contributed by atoms with E-state index in [0.717, 1.165) is 24.0 Å². The summed E-state index contributed by atoms with van der Waals surface area (Å²) in [5.41, 5.74) is 2.45. The van der Waals surface area contributed by atoms with Crippen molar-refractivity contribution in [1.29, 1.82) is 0 Å². The van der Waals surface area contributed by atoms with E-state index in [1.165, 1.54) is 0 Å². The van der Waals surface area contributed by atoms with Crippen molar-refractivity contribution >= 4 is 17.7 Å². The van der Waals surface area contributed by atoms with E-state index < -0.39 is 12.1 Å². The number of amides is 2. The van der Waals surface area contributed by atoms with Gasteiger partial charge in [0.2, 0.25) is 0 Å². The van der Waals surface area contributed by atoms with E-state index in [9.17, 15) is 14.7 Å². The highest BCUT2D eigenvalue weighted by molar-refractivity contribution is 5.91. The number of rotatable bonds is 17. The van der Waals surface area contributed by atoms with Crippen molar-refractivity contribution in [3.05, 3.63) is 53.6 Å². The fraction of sp³-hybridized carbons (Fsp3) is 0.500. The summed E-state index contributed by atoms with van der Waals surface area (Å²) in [5, 5.41) is 12.2. The van der Waals surface area contributed by atoms with Crippen LogP contribution in [0.4, 0.5) is 10.5 Å². The number of anilines is 1. The Balaban J connectivity index is 1.96. The minimum atomic E-state index is -0.984. The lowest BCUT2D eigenvalue weighted by molar-refractivity contribution is -0.149.